The van der Waals surface area contributed by atoms with Crippen LogP contribution in [0.4, 0.5) is 0 Å². The first-order valence-electron chi connectivity index (χ1n) is 4.61. The summed E-state index contributed by atoms with van der Waals surface area (Å²) in [6.45, 7) is 4.80. The lowest BCUT2D eigenvalue weighted by molar-refractivity contribution is 0.616. The van der Waals surface area contributed by atoms with Crippen molar-refractivity contribution in [3.8, 4) is 0 Å². The minimum Gasteiger partial charge on any atom is -0.464 e. The first-order chi connectivity index (χ1) is 6.81. The molecule has 1 N–H and O–H groups in total. The summed E-state index contributed by atoms with van der Waals surface area (Å²) in [5.41, 5.74) is 3.12. The smallest absolute Gasteiger partial charge is 0.134 e. The monoisotopic (exact) mass is 187 g/mol. The number of fused-ring (bicyclic) bond motifs is 1. The second kappa shape index (κ2) is 3.68. The topological polar surface area (TPSA) is 25.2 Å². The van der Waals surface area contributed by atoms with Crippen LogP contribution in [0, 0.1) is 0 Å². The van der Waals surface area contributed by atoms with Gasteiger partial charge in [0.15, 0.2) is 0 Å². The van der Waals surface area contributed by atoms with E-state index in [0.717, 1.165) is 28.7 Å². The van der Waals surface area contributed by atoms with Gasteiger partial charge < -0.3 is 9.73 Å². The van der Waals surface area contributed by atoms with Crippen LogP contribution in [0.15, 0.2) is 41.5 Å². The van der Waals surface area contributed by atoms with Crippen molar-refractivity contribution in [2.75, 3.05) is 13.6 Å². The lowest BCUT2D eigenvalue weighted by Gasteiger charge is -2.04. The summed E-state index contributed by atoms with van der Waals surface area (Å²) < 4.78 is 5.33. The van der Waals surface area contributed by atoms with Gasteiger partial charge in [0.1, 0.15) is 5.58 Å². The van der Waals surface area contributed by atoms with Gasteiger partial charge in [-0.15, -0.1) is 0 Å². The van der Waals surface area contributed by atoms with Crippen LogP contribution in [-0.2, 0) is 0 Å². The van der Waals surface area contributed by atoms with Gasteiger partial charge in [-0.25, -0.2) is 0 Å². The molecule has 0 saturated carbocycles. The molecule has 1 aromatic heterocycles. The Kier molecular flexibility index (Phi) is 2.37. The molecule has 2 heteroatoms. The van der Waals surface area contributed by atoms with Crippen molar-refractivity contribution in [1.82, 2.24) is 5.32 Å². The normalized spacial score (nSPS) is 10.6. The van der Waals surface area contributed by atoms with Gasteiger partial charge in [-0.05, 0) is 30.3 Å². The van der Waals surface area contributed by atoms with Crippen molar-refractivity contribution in [2.45, 2.75) is 0 Å². The van der Waals surface area contributed by atoms with Crippen LogP contribution in [0.3, 0.4) is 0 Å². The van der Waals surface area contributed by atoms with E-state index >= 15 is 0 Å². The molecule has 2 rings (SSSR count). The highest BCUT2D eigenvalue weighted by molar-refractivity contribution is 5.81. The Bertz CT molecular complexity index is 456. The lowest BCUT2D eigenvalue weighted by Crippen LogP contribution is -2.08. The summed E-state index contributed by atoms with van der Waals surface area (Å²) in [4.78, 5) is 0. The molecule has 0 amide bonds. The summed E-state index contributed by atoms with van der Waals surface area (Å²) >= 11 is 0. The fourth-order valence-corrected chi connectivity index (χ4v) is 1.49. The molecular weight excluding hydrogens is 174 g/mol. The highest BCUT2D eigenvalue weighted by atomic mass is 16.3. The molecule has 0 unspecified atom stereocenters. The molecule has 2 aromatic rings. The second-order valence-electron chi connectivity index (χ2n) is 3.31. The number of benzene rings is 1. The van der Waals surface area contributed by atoms with E-state index in [1.54, 1.807) is 6.26 Å². The van der Waals surface area contributed by atoms with Crippen molar-refractivity contribution >= 4 is 16.5 Å². The van der Waals surface area contributed by atoms with E-state index in [2.05, 4.69) is 24.0 Å². The van der Waals surface area contributed by atoms with Gasteiger partial charge in [0.2, 0.25) is 0 Å². The lowest BCUT2D eigenvalue weighted by atomic mass is 10.1. The molecule has 0 aliphatic heterocycles. The quantitative estimate of drug-likeness (QED) is 0.799. The molecule has 14 heavy (non-hydrogen) atoms. The van der Waals surface area contributed by atoms with Crippen LogP contribution in [0.2, 0.25) is 0 Å². The van der Waals surface area contributed by atoms with Gasteiger partial charge in [0, 0.05) is 11.9 Å². The molecule has 0 aliphatic rings. The molecule has 1 aromatic carbocycles. The standard InChI is InChI=1S/C12H13NO/c1-9(8-13-2)11-4-3-10-5-6-14-12(10)7-11/h3-7,13H,1,8H2,2H3. The van der Waals surface area contributed by atoms with E-state index in [-0.39, 0.29) is 0 Å². The number of furan rings is 1. The Morgan fingerprint density at radius 3 is 3.07 bits per heavy atom. The molecule has 0 fully saturated rings. The van der Waals surface area contributed by atoms with Crippen molar-refractivity contribution in [3.05, 3.63) is 42.7 Å². The Balaban J connectivity index is 2.38. The molecule has 72 valence electrons. The third kappa shape index (κ3) is 1.56. The van der Waals surface area contributed by atoms with Crippen molar-refractivity contribution in [1.29, 1.82) is 0 Å². The summed E-state index contributed by atoms with van der Waals surface area (Å²) in [5, 5.41) is 4.21. The van der Waals surface area contributed by atoms with E-state index in [9.17, 15) is 0 Å². The zero-order valence-electron chi connectivity index (χ0n) is 8.21. The molecule has 0 spiro atoms. The SMILES string of the molecule is C=C(CNC)c1ccc2ccoc2c1. The van der Waals surface area contributed by atoms with Crippen molar-refractivity contribution < 1.29 is 4.42 Å². The van der Waals surface area contributed by atoms with Crippen LogP contribution in [0.5, 0.6) is 0 Å². The molecule has 0 saturated heterocycles. The second-order valence-corrected chi connectivity index (χ2v) is 3.31. The van der Waals surface area contributed by atoms with Crippen LogP contribution in [0.25, 0.3) is 16.5 Å². The first kappa shape index (κ1) is 9.03. The molecule has 0 atom stereocenters. The minimum atomic E-state index is 0.798. The summed E-state index contributed by atoms with van der Waals surface area (Å²) in [5.74, 6) is 0. The number of nitrogens with one attached hydrogen (secondary N) is 1. The van der Waals surface area contributed by atoms with E-state index in [1.165, 1.54) is 0 Å². The van der Waals surface area contributed by atoms with E-state index < -0.39 is 0 Å². The maximum absolute atomic E-state index is 5.33. The largest absolute Gasteiger partial charge is 0.464 e. The van der Waals surface area contributed by atoms with Gasteiger partial charge in [-0.2, -0.15) is 0 Å². The van der Waals surface area contributed by atoms with E-state index in [1.807, 2.05) is 19.2 Å². The van der Waals surface area contributed by atoms with E-state index in [4.69, 9.17) is 4.42 Å². The fourth-order valence-electron chi connectivity index (χ4n) is 1.49. The highest BCUT2D eigenvalue weighted by Crippen LogP contribution is 2.20. The molecule has 1 heterocycles. The van der Waals surface area contributed by atoms with Gasteiger partial charge in [-0.1, -0.05) is 18.7 Å². The van der Waals surface area contributed by atoms with Crippen LogP contribution in [-0.4, -0.2) is 13.6 Å². The number of hydrogen-bond donors (Lipinski definition) is 1. The van der Waals surface area contributed by atoms with Crippen LogP contribution >= 0.6 is 0 Å². The van der Waals surface area contributed by atoms with Crippen molar-refractivity contribution in [3.63, 3.8) is 0 Å². The fraction of sp³-hybridized carbons (Fsp3) is 0.167. The maximum atomic E-state index is 5.33. The first-order valence-corrected chi connectivity index (χ1v) is 4.61. The average molecular weight is 187 g/mol. The number of rotatable bonds is 3. The number of hydrogen-bond acceptors (Lipinski definition) is 2. The Morgan fingerprint density at radius 2 is 2.29 bits per heavy atom. The minimum absolute atomic E-state index is 0.798. The zero-order chi connectivity index (χ0) is 9.97. The Morgan fingerprint density at radius 1 is 1.43 bits per heavy atom. The Hall–Kier alpha value is -1.54. The van der Waals surface area contributed by atoms with Gasteiger partial charge in [0.25, 0.3) is 0 Å². The zero-order valence-corrected chi connectivity index (χ0v) is 8.21. The van der Waals surface area contributed by atoms with E-state index in [0.29, 0.717) is 0 Å². The molecule has 0 aliphatic carbocycles. The molecular formula is C12H13NO. The Labute approximate surface area is 83.2 Å². The van der Waals surface area contributed by atoms with Crippen LogP contribution < -0.4 is 5.32 Å². The van der Waals surface area contributed by atoms with Gasteiger partial charge >= 0.3 is 0 Å². The summed E-state index contributed by atoms with van der Waals surface area (Å²) in [7, 11) is 1.91. The molecule has 2 nitrogen and oxygen atoms in total. The third-order valence-corrected chi connectivity index (χ3v) is 2.25. The number of likely N-dealkylation sites (N-methyl/N-ethyl adjacent to an activating group) is 1. The molecule has 0 radical (unpaired) electrons. The predicted molar refractivity (Wildman–Crippen MR) is 59.2 cm³/mol. The van der Waals surface area contributed by atoms with Gasteiger partial charge in [-0.3, -0.25) is 0 Å². The average Bonchev–Trinajstić information content (AvgIpc) is 2.64. The predicted octanol–water partition coefficient (Wildman–Crippen LogP) is 2.67. The molecule has 0 bridgehead atoms. The summed E-state index contributed by atoms with van der Waals surface area (Å²) in [6, 6.07) is 8.10. The van der Waals surface area contributed by atoms with Gasteiger partial charge in [0.05, 0.1) is 6.26 Å². The van der Waals surface area contributed by atoms with Crippen LogP contribution in [0.1, 0.15) is 5.56 Å². The maximum Gasteiger partial charge on any atom is 0.134 e. The highest BCUT2D eigenvalue weighted by Gasteiger charge is 2.01. The van der Waals surface area contributed by atoms with Crippen molar-refractivity contribution in [2.24, 2.45) is 0 Å². The summed E-state index contributed by atoms with van der Waals surface area (Å²) in [6.07, 6.45) is 1.70. The third-order valence-electron chi connectivity index (χ3n) is 2.25.